The number of carboxylic acids is 1. The molecule has 0 unspecified atom stereocenters. The second-order valence-corrected chi connectivity index (χ2v) is 6.29. The summed E-state index contributed by atoms with van der Waals surface area (Å²) < 4.78 is 26.8. The van der Waals surface area contributed by atoms with Crippen LogP contribution in [0.2, 0.25) is 0 Å². The van der Waals surface area contributed by atoms with Gasteiger partial charge in [-0.3, -0.25) is 4.90 Å². The Labute approximate surface area is 167 Å². The lowest BCUT2D eigenvalue weighted by molar-refractivity contribution is 0.0320. The van der Waals surface area contributed by atoms with Gasteiger partial charge in [0, 0.05) is 31.3 Å². The molecule has 1 aromatic heterocycles. The number of carboxylic acid groups (broad SMARTS) is 1. The molecule has 2 aromatic rings. The Hall–Kier alpha value is -3.04. The second kappa shape index (κ2) is 9.44. The molecule has 1 aliphatic rings. The van der Waals surface area contributed by atoms with E-state index in [9.17, 15) is 14.7 Å². The zero-order valence-electron chi connectivity index (χ0n) is 16.3. The molecule has 0 amide bonds. The van der Waals surface area contributed by atoms with Gasteiger partial charge in [-0.15, -0.1) is 0 Å². The van der Waals surface area contributed by atoms with E-state index in [1.807, 2.05) is 0 Å². The van der Waals surface area contributed by atoms with Gasteiger partial charge in [0.1, 0.15) is 18.1 Å². The lowest BCUT2D eigenvalue weighted by atomic mass is 10.0. The zero-order chi connectivity index (χ0) is 20.8. The highest BCUT2D eigenvalue weighted by Gasteiger charge is 2.24. The van der Waals surface area contributed by atoms with Gasteiger partial charge >= 0.3 is 11.6 Å². The molecule has 2 heterocycles. The number of benzene rings is 1. The lowest BCUT2D eigenvalue weighted by Gasteiger charge is -2.26. The molecule has 1 aromatic carbocycles. The number of rotatable bonds is 8. The molecule has 1 saturated heterocycles. The molecule has 0 spiro atoms. The molecule has 1 aliphatic heterocycles. The molecule has 156 valence electrons. The van der Waals surface area contributed by atoms with E-state index < -0.39 is 17.4 Å². The maximum absolute atomic E-state index is 12.5. The summed E-state index contributed by atoms with van der Waals surface area (Å²) in [5.41, 5.74) is -0.237. The van der Waals surface area contributed by atoms with Crippen LogP contribution in [0.25, 0.3) is 11.1 Å². The fraction of sp³-hybridized carbons (Fsp3) is 0.400. The van der Waals surface area contributed by atoms with Crippen molar-refractivity contribution in [1.82, 2.24) is 4.90 Å². The standard InChI is InChI=1S/C20H23NO8/c1-25-14-4-3-5-15(26-2)17(14)13-12-16(19(22)23)29-20(24)18(13)28-11-8-21-6-9-27-10-7-21/h3-5,12H,6-11H2,1-2H3,(H,22,23). The molecular formula is C20H23NO8. The number of ether oxygens (including phenoxy) is 4. The van der Waals surface area contributed by atoms with Crippen molar-refractivity contribution < 1.29 is 33.3 Å². The van der Waals surface area contributed by atoms with Crippen molar-refractivity contribution in [2.24, 2.45) is 0 Å². The Bertz CT molecular complexity index is 895. The van der Waals surface area contributed by atoms with Gasteiger partial charge in [-0.25, -0.2) is 9.59 Å². The van der Waals surface area contributed by atoms with Crippen LogP contribution in [-0.4, -0.2) is 69.7 Å². The van der Waals surface area contributed by atoms with E-state index in [4.69, 9.17) is 23.4 Å². The first-order valence-corrected chi connectivity index (χ1v) is 9.11. The third-order valence-electron chi connectivity index (χ3n) is 4.57. The van der Waals surface area contributed by atoms with Crippen LogP contribution in [0.1, 0.15) is 10.6 Å². The number of methoxy groups -OCH3 is 2. The molecule has 0 atom stereocenters. The van der Waals surface area contributed by atoms with Crippen LogP contribution >= 0.6 is 0 Å². The minimum Gasteiger partial charge on any atom is -0.496 e. The van der Waals surface area contributed by atoms with Gasteiger partial charge in [-0.1, -0.05) is 6.07 Å². The summed E-state index contributed by atoms with van der Waals surface area (Å²) in [6.07, 6.45) is 0. The maximum Gasteiger partial charge on any atom is 0.379 e. The molecule has 1 N–H and O–H groups in total. The van der Waals surface area contributed by atoms with Crippen LogP contribution in [0.5, 0.6) is 17.2 Å². The summed E-state index contributed by atoms with van der Waals surface area (Å²) in [4.78, 5) is 26.1. The first kappa shape index (κ1) is 20.7. The van der Waals surface area contributed by atoms with Gasteiger partial charge in [-0.2, -0.15) is 0 Å². The quantitative estimate of drug-likeness (QED) is 0.702. The smallest absolute Gasteiger partial charge is 0.379 e. The summed E-state index contributed by atoms with van der Waals surface area (Å²) in [5.74, 6) is -1.14. The Morgan fingerprint density at radius 2 is 1.83 bits per heavy atom. The highest BCUT2D eigenvalue weighted by Crippen LogP contribution is 2.42. The number of nitrogens with zero attached hydrogens (tertiary/aromatic N) is 1. The average Bonchev–Trinajstić information content (AvgIpc) is 2.74. The Kier molecular flexibility index (Phi) is 6.73. The molecule has 3 rings (SSSR count). The molecule has 9 nitrogen and oxygen atoms in total. The minimum atomic E-state index is -1.36. The van der Waals surface area contributed by atoms with E-state index in [1.165, 1.54) is 20.3 Å². The fourth-order valence-corrected chi connectivity index (χ4v) is 3.13. The molecule has 0 radical (unpaired) electrons. The summed E-state index contributed by atoms with van der Waals surface area (Å²) in [6.45, 7) is 3.68. The van der Waals surface area contributed by atoms with E-state index in [2.05, 4.69) is 4.90 Å². The third-order valence-corrected chi connectivity index (χ3v) is 4.57. The number of aromatic carboxylic acids is 1. The lowest BCUT2D eigenvalue weighted by Crippen LogP contribution is -2.38. The van der Waals surface area contributed by atoms with Crippen molar-refractivity contribution in [1.29, 1.82) is 0 Å². The first-order chi connectivity index (χ1) is 14.0. The van der Waals surface area contributed by atoms with E-state index in [-0.39, 0.29) is 17.9 Å². The predicted molar refractivity (Wildman–Crippen MR) is 103 cm³/mol. The van der Waals surface area contributed by atoms with E-state index >= 15 is 0 Å². The monoisotopic (exact) mass is 405 g/mol. The third kappa shape index (κ3) is 4.69. The number of hydrogen-bond donors (Lipinski definition) is 1. The highest BCUT2D eigenvalue weighted by atomic mass is 16.5. The Morgan fingerprint density at radius 1 is 1.17 bits per heavy atom. The van der Waals surface area contributed by atoms with Gasteiger partial charge in [0.15, 0.2) is 0 Å². The molecule has 0 aliphatic carbocycles. The number of morpholine rings is 1. The molecule has 1 fully saturated rings. The molecule has 0 saturated carbocycles. The van der Waals surface area contributed by atoms with Crippen molar-refractivity contribution >= 4 is 5.97 Å². The summed E-state index contributed by atoms with van der Waals surface area (Å²) >= 11 is 0. The largest absolute Gasteiger partial charge is 0.496 e. The van der Waals surface area contributed by atoms with Crippen molar-refractivity contribution in [2.45, 2.75) is 0 Å². The van der Waals surface area contributed by atoms with Crippen LogP contribution in [0.4, 0.5) is 0 Å². The number of hydrogen-bond acceptors (Lipinski definition) is 8. The van der Waals surface area contributed by atoms with Gasteiger partial charge in [0.05, 0.1) is 33.0 Å². The van der Waals surface area contributed by atoms with Gasteiger partial charge in [-0.05, 0) is 12.1 Å². The second-order valence-electron chi connectivity index (χ2n) is 6.29. The van der Waals surface area contributed by atoms with Crippen LogP contribution in [-0.2, 0) is 4.74 Å². The summed E-state index contributed by atoms with van der Waals surface area (Å²) in [5, 5.41) is 9.32. The summed E-state index contributed by atoms with van der Waals surface area (Å²) in [7, 11) is 2.95. The van der Waals surface area contributed by atoms with Crippen molar-refractivity contribution in [3.05, 3.63) is 40.4 Å². The normalized spacial score (nSPS) is 14.4. The number of carbonyl (C=O) groups is 1. The first-order valence-electron chi connectivity index (χ1n) is 9.11. The molecule has 9 heteroatoms. The predicted octanol–water partition coefficient (Wildman–Crippen LogP) is 1.73. The molecule has 0 bridgehead atoms. The zero-order valence-corrected chi connectivity index (χ0v) is 16.3. The van der Waals surface area contributed by atoms with E-state index in [0.717, 1.165) is 13.1 Å². The van der Waals surface area contributed by atoms with Crippen LogP contribution < -0.4 is 19.8 Å². The maximum atomic E-state index is 12.5. The van der Waals surface area contributed by atoms with Gasteiger partial charge in [0.25, 0.3) is 0 Å². The van der Waals surface area contributed by atoms with Gasteiger partial charge in [0.2, 0.25) is 11.5 Å². The molecular weight excluding hydrogens is 382 g/mol. The minimum absolute atomic E-state index is 0.0916. The van der Waals surface area contributed by atoms with Gasteiger partial charge < -0.3 is 28.5 Å². The molecule has 29 heavy (non-hydrogen) atoms. The van der Waals surface area contributed by atoms with Crippen molar-refractivity contribution in [3.63, 3.8) is 0 Å². The SMILES string of the molecule is COc1cccc(OC)c1-c1cc(C(=O)O)oc(=O)c1OCCN1CCOCC1. The van der Waals surface area contributed by atoms with E-state index in [0.29, 0.717) is 36.8 Å². The average molecular weight is 405 g/mol. The van der Waals surface area contributed by atoms with Crippen LogP contribution in [0.15, 0.2) is 33.5 Å². The fourth-order valence-electron chi connectivity index (χ4n) is 3.13. The summed E-state index contributed by atoms with van der Waals surface area (Å²) in [6, 6.07) is 6.34. The highest BCUT2D eigenvalue weighted by molar-refractivity contribution is 5.89. The van der Waals surface area contributed by atoms with Crippen LogP contribution in [0, 0.1) is 0 Å². The Balaban J connectivity index is 2.00. The topological polar surface area (TPSA) is 108 Å². The Morgan fingerprint density at radius 3 is 2.41 bits per heavy atom. The van der Waals surface area contributed by atoms with Crippen molar-refractivity contribution in [2.75, 3.05) is 53.7 Å². The van der Waals surface area contributed by atoms with E-state index in [1.54, 1.807) is 18.2 Å². The van der Waals surface area contributed by atoms with Crippen LogP contribution in [0.3, 0.4) is 0 Å². The van der Waals surface area contributed by atoms with Crippen molar-refractivity contribution in [3.8, 4) is 28.4 Å².